The molecule has 0 saturated heterocycles. The molecular formula is C19H22F2N4O. The molecule has 0 aliphatic carbocycles. The van der Waals surface area contributed by atoms with Crippen LogP contribution in [0.1, 0.15) is 26.3 Å². The molecule has 0 saturated carbocycles. The Balaban J connectivity index is 0.00000117. The van der Waals surface area contributed by atoms with Gasteiger partial charge in [-0.25, -0.2) is 18.7 Å². The van der Waals surface area contributed by atoms with E-state index in [0.29, 0.717) is 34.8 Å². The number of nitrogens with zero attached hydrogens (tertiary/aromatic N) is 2. The summed E-state index contributed by atoms with van der Waals surface area (Å²) in [6, 6.07) is 5.89. The van der Waals surface area contributed by atoms with Crippen LogP contribution in [0, 0.1) is 18.6 Å². The Labute approximate surface area is 151 Å². The topological polar surface area (TPSA) is 73.1 Å². The molecule has 0 aliphatic heterocycles. The van der Waals surface area contributed by atoms with Crippen molar-refractivity contribution in [3.63, 3.8) is 0 Å². The molecule has 138 valence electrons. The van der Waals surface area contributed by atoms with Gasteiger partial charge in [0.15, 0.2) is 5.82 Å². The van der Waals surface area contributed by atoms with Gasteiger partial charge in [0.2, 0.25) is 0 Å². The molecule has 7 heteroatoms. The zero-order valence-electron chi connectivity index (χ0n) is 15.2. The standard InChI is InChI=1S/C17H16F2N4O.C2H6/c1-3-24-15-7-14-10(6-12(15)20)17(22-8-21-14)23-13-5-4-11(18)9(2)16(13)19;1-2/h4-8H,3,20H2,1-2H3,(H,21,22,23);1-2H3. The highest BCUT2D eigenvalue weighted by molar-refractivity contribution is 5.94. The zero-order valence-corrected chi connectivity index (χ0v) is 15.2. The molecular weight excluding hydrogens is 338 g/mol. The average molecular weight is 360 g/mol. The van der Waals surface area contributed by atoms with Crippen molar-refractivity contribution >= 4 is 28.1 Å². The summed E-state index contributed by atoms with van der Waals surface area (Å²) >= 11 is 0. The van der Waals surface area contributed by atoms with Crippen LogP contribution in [0.2, 0.25) is 0 Å². The number of nitrogens with one attached hydrogen (secondary N) is 1. The van der Waals surface area contributed by atoms with Crippen molar-refractivity contribution in [3.8, 4) is 5.75 Å². The number of hydrogen-bond donors (Lipinski definition) is 2. The molecule has 0 aliphatic rings. The molecule has 0 radical (unpaired) electrons. The van der Waals surface area contributed by atoms with Crippen LogP contribution in [0.3, 0.4) is 0 Å². The summed E-state index contributed by atoms with van der Waals surface area (Å²) in [5.41, 5.74) is 7.07. The molecule has 0 amide bonds. The number of rotatable bonds is 4. The van der Waals surface area contributed by atoms with E-state index < -0.39 is 11.6 Å². The molecule has 2 aromatic carbocycles. The highest BCUT2D eigenvalue weighted by atomic mass is 19.1. The number of hydrogen-bond acceptors (Lipinski definition) is 5. The van der Waals surface area contributed by atoms with Crippen LogP contribution in [0.5, 0.6) is 5.75 Å². The van der Waals surface area contributed by atoms with Crippen LogP contribution in [-0.2, 0) is 0 Å². The van der Waals surface area contributed by atoms with Crippen LogP contribution in [0.4, 0.5) is 26.0 Å². The van der Waals surface area contributed by atoms with Gasteiger partial charge in [0, 0.05) is 17.0 Å². The Hall–Kier alpha value is -2.96. The normalized spacial score (nSPS) is 10.2. The quantitative estimate of drug-likeness (QED) is 0.643. The summed E-state index contributed by atoms with van der Waals surface area (Å²) in [7, 11) is 0. The number of anilines is 3. The van der Waals surface area contributed by atoms with Gasteiger partial charge in [-0.2, -0.15) is 0 Å². The van der Waals surface area contributed by atoms with E-state index in [-0.39, 0.29) is 11.3 Å². The molecule has 1 heterocycles. The molecule has 1 aromatic heterocycles. The summed E-state index contributed by atoms with van der Waals surface area (Å²) in [5, 5.41) is 3.48. The predicted molar refractivity (Wildman–Crippen MR) is 101 cm³/mol. The Bertz CT molecular complexity index is 916. The molecule has 0 unspecified atom stereocenters. The van der Waals surface area contributed by atoms with Crippen molar-refractivity contribution in [2.24, 2.45) is 0 Å². The van der Waals surface area contributed by atoms with Gasteiger partial charge in [0.05, 0.1) is 23.5 Å². The fraction of sp³-hybridized carbons (Fsp3) is 0.263. The highest BCUT2D eigenvalue weighted by Crippen LogP contribution is 2.32. The van der Waals surface area contributed by atoms with Gasteiger partial charge in [-0.15, -0.1) is 0 Å². The molecule has 3 rings (SSSR count). The number of nitrogen functional groups attached to an aromatic ring is 1. The van der Waals surface area contributed by atoms with Crippen molar-refractivity contribution in [2.75, 3.05) is 17.7 Å². The molecule has 0 spiro atoms. The summed E-state index contributed by atoms with van der Waals surface area (Å²) in [5.74, 6) is -0.366. The zero-order chi connectivity index (χ0) is 19.3. The van der Waals surface area contributed by atoms with Gasteiger partial charge in [-0.3, -0.25) is 0 Å². The molecule has 0 bridgehead atoms. The average Bonchev–Trinajstić information content (AvgIpc) is 2.65. The van der Waals surface area contributed by atoms with Crippen LogP contribution in [0.15, 0.2) is 30.6 Å². The van der Waals surface area contributed by atoms with E-state index in [1.54, 1.807) is 12.1 Å². The van der Waals surface area contributed by atoms with E-state index in [1.807, 2.05) is 20.8 Å². The van der Waals surface area contributed by atoms with Crippen LogP contribution < -0.4 is 15.8 Å². The third-order valence-corrected chi connectivity index (χ3v) is 3.64. The van der Waals surface area contributed by atoms with E-state index >= 15 is 0 Å². The molecule has 26 heavy (non-hydrogen) atoms. The van der Waals surface area contributed by atoms with Gasteiger partial charge < -0.3 is 15.8 Å². The first-order chi connectivity index (χ1) is 12.5. The lowest BCUT2D eigenvalue weighted by Gasteiger charge is -2.13. The number of benzene rings is 2. The van der Waals surface area contributed by atoms with Gasteiger partial charge in [0.25, 0.3) is 0 Å². The fourth-order valence-corrected chi connectivity index (χ4v) is 2.37. The second kappa shape index (κ2) is 8.42. The van der Waals surface area contributed by atoms with E-state index in [0.717, 1.165) is 0 Å². The second-order valence-corrected chi connectivity index (χ2v) is 5.22. The molecule has 5 nitrogen and oxygen atoms in total. The maximum atomic E-state index is 14.2. The molecule has 3 N–H and O–H groups in total. The maximum Gasteiger partial charge on any atom is 0.152 e. The summed E-state index contributed by atoms with van der Waals surface area (Å²) in [4.78, 5) is 8.31. The van der Waals surface area contributed by atoms with Crippen LogP contribution in [0.25, 0.3) is 10.9 Å². The maximum absolute atomic E-state index is 14.2. The number of fused-ring (bicyclic) bond motifs is 1. The van der Waals surface area contributed by atoms with Crippen molar-refractivity contribution in [1.82, 2.24) is 9.97 Å². The fourth-order valence-electron chi connectivity index (χ4n) is 2.37. The molecule has 3 aromatic rings. The minimum Gasteiger partial charge on any atom is -0.492 e. The largest absolute Gasteiger partial charge is 0.492 e. The predicted octanol–water partition coefficient (Wildman–Crippen LogP) is 4.97. The molecule has 0 atom stereocenters. The first-order valence-corrected chi connectivity index (χ1v) is 8.40. The third-order valence-electron chi connectivity index (χ3n) is 3.64. The lowest BCUT2D eigenvalue weighted by Crippen LogP contribution is -2.02. The summed E-state index contributed by atoms with van der Waals surface area (Å²) in [6.45, 7) is 7.71. The lowest BCUT2D eigenvalue weighted by atomic mass is 10.1. The lowest BCUT2D eigenvalue weighted by molar-refractivity contribution is 0.342. The van der Waals surface area contributed by atoms with Crippen molar-refractivity contribution in [1.29, 1.82) is 0 Å². The minimum atomic E-state index is -0.666. The first-order valence-electron chi connectivity index (χ1n) is 8.40. The van der Waals surface area contributed by atoms with E-state index in [4.69, 9.17) is 10.5 Å². The van der Waals surface area contributed by atoms with Crippen LogP contribution in [-0.4, -0.2) is 16.6 Å². The van der Waals surface area contributed by atoms with Gasteiger partial charge >= 0.3 is 0 Å². The monoisotopic (exact) mass is 360 g/mol. The van der Waals surface area contributed by atoms with Crippen molar-refractivity contribution in [2.45, 2.75) is 27.7 Å². The van der Waals surface area contributed by atoms with E-state index in [2.05, 4.69) is 15.3 Å². The Morgan fingerprint density at radius 1 is 1.15 bits per heavy atom. The summed E-state index contributed by atoms with van der Waals surface area (Å²) < 4.78 is 33.0. The summed E-state index contributed by atoms with van der Waals surface area (Å²) in [6.07, 6.45) is 1.35. The highest BCUT2D eigenvalue weighted by Gasteiger charge is 2.13. The van der Waals surface area contributed by atoms with Gasteiger partial charge in [-0.05, 0) is 32.0 Å². The SMILES string of the molecule is CC.CCOc1cc2ncnc(Nc3ccc(F)c(C)c3F)c2cc1N. The van der Waals surface area contributed by atoms with E-state index in [9.17, 15) is 8.78 Å². The minimum absolute atomic E-state index is 0.0588. The van der Waals surface area contributed by atoms with Crippen LogP contribution >= 0.6 is 0 Å². The number of nitrogens with two attached hydrogens (primary N) is 1. The van der Waals surface area contributed by atoms with Gasteiger partial charge in [0.1, 0.15) is 23.7 Å². The van der Waals surface area contributed by atoms with Crippen molar-refractivity contribution in [3.05, 3.63) is 47.8 Å². The Morgan fingerprint density at radius 3 is 2.58 bits per heavy atom. The number of halogens is 2. The number of aromatic nitrogens is 2. The smallest absolute Gasteiger partial charge is 0.152 e. The third kappa shape index (κ3) is 3.82. The second-order valence-electron chi connectivity index (χ2n) is 5.22. The first kappa shape index (κ1) is 19.4. The Kier molecular flexibility index (Phi) is 6.27. The Morgan fingerprint density at radius 2 is 1.88 bits per heavy atom. The van der Waals surface area contributed by atoms with E-state index in [1.165, 1.54) is 25.4 Å². The van der Waals surface area contributed by atoms with Gasteiger partial charge in [-0.1, -0.05) is 13.8 Å². The molecule has 0 fully saturated rings. The number of ether oxygens (including phenoxy) is 1. The van der Waals surface area contributed by atoms with Crippen molar-refractivity contribution < 1.29 is 13.5 Å².